The SMILES string of the molecule is O=C(C1CC=CC1)N1CCC2(CC1)OCCC2CCOCc1ccccn1. The molecule has 1 aromatic rings. The molecule has 2 aliphatic heterocycles. The first-order valence-electron chi connectivity index (χ1n) is 10.3. The highest BCUT2D eigenvalue weighted by molar-refractivity contribution is 5.79. The molecular formula is C22H30N2O3. The lowest BCUT2D eigenvalue weighted by Crippen LogP contribution is -2.50. The summed E-state index contributed by atoms with van der Waals surface area (Å²) in [6, 6.07) is 5.90. The van der Waals surface area contributed by atoms with Gasteiger partial charge in [0.2, 0.25) is 5.91 Å². The van der Waals surface area contributed by atoms with E-state index in [2.05, 4.69) is 22.0 Å². The zero-order valence-electron chi connectivity index (χ0n) is 16.0. The maximum Gasteiger partial charge on any atom is 0.226 e. The molecule has 0 saturated carbocycles. The Morgan fingerprint density at radius 2 is 2.07 bits per heavy atom. The van der Waals surface area contributed by atoms with Crippen molar-refractivity contribution in [2.24, 2.45) is 11.8 Å². The molecule has 1 aromatic heterocycles. The smallest absolute Gasteiger partial charge is 0.226 e. The minimum atomic E-state index is -0.0426. The van der Waals surface area contributed by atoms with E-state index in [-0.39, 0.29) is 11.5 Å². The van der Waals surface area contributed by atoms with Crippen LogP contribution in [-0.2, 0) is 20.9 Å². The number of amides is 1. The average Bonchev–Trinajstić information content (AvgIpc) is 3.37. The number of piperidine rings is 1. The van der Waals surface area contributed by atoms with E-state index in [0.29, 0.717) is 18.4 Å². The Hall–Kier alpha value is -1.72. The molecule has 146 valence electrons. The van der Waals surface area contributed by atoms with E-state index in [4.69, 9.17) is 9.47 Å². The van der Waals surface area contributed by atoms with Crippen molar-refractivity contribution in [2.75, 3.05) is 26.3 Å². The first-order chi connectivity index (χ1) is 13.3. The molecule has 5 nitrogen and oxygen atoms in total. The highest BCUT2D eigenvalue weighted by atomic mass is 16.5. The quantitative estimate of drug-likeness (QED) is 0.569. The van der Waals surface area contributed by atoms with Crippen molar-refractivity contribution in [3.05, 3.63) is 42.2 Å². The van der Waals surface area contributed by atoms with Crippen LogP contribution in [0.1, 0.15) is 44.2 Å². The van der Waals surface area contributed by atoms with Crippen molar-refractivity contribution < 1.29 is 14.3 Å². The molecule has 0 radical (unpaired) electrons. The van der Waals surface area contributed by atoms with E-state index in [1.807, 2.05) is 18.2 Å². The van der Waals surface area contributed by atoms with Crippen LogP contribution in [0.15, 0.2) is 36.5 Å². The van der Waals surface area contributed by atoms with E-state index in [1.165, 1.54) is 0 Å². The molecular weight excluding hydrogens is 340 g/mol. The number of hydrogen-bond donors (Lipinski definition) is 0. The molecule has 1 aliphatic carbocycles. The van der Waals surface area contributed by atoms with Gasteiger partial charge in [0, 0.05) is 38.4 Å². The molecule has 4 rings (SSSR count). The van der Waals surface area contributed by atoms with Crippen LogP contribution < -0.4 is 0 Å². The molecule has 3 aliphatic rings. The topological polar surface area (TPSA) is 51.7 Å². The average molecular weight is 370 g/mol. The Bertz CT molecular complexity index is 645. The van der Waals surface area contributed by atoms with Crippen LogP contribution in [0.25, 0.3) is 0 Å². The second kappa shape index (κ2) is 8.53. The Kier molecular flexibility index (Phi) is 5.89. The fourth-order valence-corrected chi connectivity index (χ4v) is 4.81. The summed E-state index contributed by atoms with van der Waals surface area (Å²) < 4.78 is 12.1. The number of allylic oxidation sites excluding steroid dienone is 2. The molecule has 2 saturated heterocycles. The molecule has 0 N–H and O–H groups in total. The fourth-order valence-electron chi connectivity index (χ4n) is 4.81. The summed E-state index contributed by atoms with van der Waals surface area (Å²) in [5.41, 5.74) is 0.933. The summed E-state index contributed by atoms with van der Waals surface area (Å²) >= 11 is 0. The van der Waals surface area contributed by atoms with E-state index in [0.717, 1.165) is 70.5 Å². The number of carbonyl (C=O) groups excluding carboxylic acids is 1. The first kappa shape index (κ1) is 18.6. The monoisotopic (exact) mass is 370 g/mol. The standard InChI is InChI=1S/C22H30N2O3/c25-21(18-5-1-2-6-18)24-13-10-22(11-14-24)19(9-16-27-22)8-15-26-17-20-7-3-4-12-23-20/h1-4,7,12,18-19H,5-6,8-11,13-17H2. The number of aromatic nitrogens is 1. The summed E-state index contributed by atoms with van der Waals surface area (Å²) in [7, 11) is 0. The normalized spacial score (nSPS) is 24.7. The Balaban J connectivity index is 1.24. The van der Waals surface area contributed by atoms with Gasteiger partial charge in [0.05, 0.1) is 17.9 Å². The maximum absolute atomic E-state index is 12.7. The molecule has 2 fully saturated rings. The predicted molar refractivity (Wildman–Crippen MR) is 103 cm³/mol. The predicted octanol–water partition coefficient (Wildman–Crippen LogP) is 3.35. The van der Waals surface area contributed by atoms with Crippen molar-refractivity contribution >= 4 is 5.91 Å². The number of pyridine rings is 1. The van der Waals surface area contributed by atoms with E-state index >= 15 is 0 Å². The zero-order valence-corrected chi connectivity index (χ0v) is 16.0. The molecule has 1 amide bonds. The van der Waals surface area contributed by atoms with E-state index in [9.17, 15) is 4.79 Å². The molecule has 5 heteroatoms. The minimum Gasteiger partial charge on any atom is -0.375 e. The fraction of sp³-hybridized carbons (Fsp3) is 0.636. The van der Waals surface area contributed by atoms with Gasteiger partial charge in [-0.05, 0) is 56.6 Å². The summed E-state index contributed by atoms with van der Waals surface area (Å²) in [4.78, 5) is 19.0. The van der Waals surface area contributed by atoms with Crippen molar-refractivity contribution in [3.63, 3.8) is 0 Å². The van der Waals surface area contributed by atoms with Crippen LogP contribution in [0.2, 0.25) is 0 Å². The van der Waals surface area contributed by atoms with Gasteiger partial charge in [0.15, 0.2) is 0 Å². The zero-order chi connectivity index (χ0) is 18.5. The Labute approximate surface area is 161 Å². The van der Waals surface area contributed by atoms with Crippen molar-refractivity contribution in [1.82, 2.24) is 9.88 Å². The van der Waals surface area contributed by atoms with Crippen LogP contribution >= 0.6 is 0 Å². The number of carbonyl (C=O) groups is 1. The highest BCUT2D eigenvalue weighted by Crippen LogP contribution is 2.42. The lowest BCUT2D eigenvalue weighted by atomic mass is 9.78. The van der Waals surface area contributed by atoms with Gasteiger partial charge in [-0.1, -0.05) is 18.2 Å². The number of ether oxygens (including phenoxy) is 2. The van der Waals surface area contributed by atoms with Crippen LogP contribution in [0, 0.1) is 11.8 Å². The van der Waals surface area contributed by atoms with Gasteiger partial charge in [-0.2, -0.15) is 0 Å². The maximum atomic E-state index is 12.7. The van der Waals surface area contributed by atoms with Crippen molar-refractivity contribution in [1.29, 1.82) is 0 Å². The van der Waals surface area contributed by atoms with Gasteiger partial charge in [-0.3, -0.25) is 9.78 Å². The van der Waals surface area contributed by atoms with Gasteiger partial charge in [-0.25, -0.2) is 0 Å². The van der Waals surface area contributed by atoms with Crippen LogP contribution in [-0.4, -0.2) is 47.7 Å². The number of nitrogens with zero attached hydrogens (tertiary/aromatic N) is 2. The first-order valence-corrected chi connectivity index (χ1v) is 10.3. The van der Waals surface area contributed by atoms with Crippen LogP contribution in [0.3, 0.4) is 0 Å². The van der Waals surface area contributed by atoms with E-state index < -0.39 is 0 Å². The number of hydrogen-bond acceptors (Lipinski definition) is 4. The Morgan fingerprint density at radius 1 is 1.26 bits per heavy atom. The molecule has 1 unspecified atom stereocenters. The number of likely N-dealkylation sites (tertiary alicyclic amines) is 1. The van der Waals surface area contributed by atoms with Crippen molar-refractivity contribution in [2.45, 2.75) is 50.7 Å². The number of rotatable bonds is 6. The summed E-state index contributed by atoms with van der Waals surface area (Å²) in [6.07, 6.45) is 11.9. The molecule has 0 aromatic carbocycles. The third kappa shape index (κ3) is 4.25. The lowest BCUT2D eigenvalue weighted by molar-refractivity contribution is -0.141. The summed E-state index contributed by atoms with van der Waals surface area (Å²) in [6.45, 7) is 3.81. The van der Waals surface area contributed by atoms with Gasteiger partial charge in [0.25, 0.3) is 0 Å². The van der Waals surface area contributed by atoms with Crippen LogP contribution in [0.4, 0.5) is 0 Å². The third-order valence-corrected chi connectivity index (χ3v) is 6.47. The molecule has 0 bridgehead atoms. The summed E-state index contributed by atoms with van der Waals surface area (Å²) in [5.74, 6) is 1.05. The van der Waals surface area contributed by atoms with Gasteiger partial charge in [0.1, 0.15) is 0 Å². The van der Waals surface area contributed by atoms with Crippen LogP contribution in [0.5, 0.6) is 0 Å². The second-order valence-electron chi connectivity index (χ2n) is 8.03. The van der Waals surface area contributed by atoms with Gasteiger partial charge in [-0.15, -0.1) is 0 Å². The van der Waals surface area contributed by atoms with E-state index in [1.54, 1.807) is 6.20 Å². The molecule has 27 heavy (non-hydrogen) atoms. The minimum absolute atomic E-state index is 0.0426. The third-order valence-electron chi connectivity index (χ3n) is 6.47. The van der Waals surface area contributed by atoms with Gasteiger partial charge < -0.3 is 14.4 Å². The Morgan fingerprint density at radius 3 is 2.81 bits per heavy atom. The molecule has 1 atom stereocenters. The molecule has 3 heterocycles. The lowest BCUT2D eigenvalue weighted by Gasteiger charge is -2.43. The second-order valence-corrected chi connectivity index (χ2v) is 8.03. The summed E-state index contributed by atoms with van der Waals surface area (Å²) in [5, 5.41) is 0. The largest absolute Gasteiger partial charge is 0.375 e. The molecule has 1 spiro atoms. The highest BCUT2D eigenvalue weighted by Gasteiger charge is 2.46. The van der Waals surface area contributed by atoms with Gasteiger partial charge >= 0.3 is 0 Å². The van der Waals surface area contributed by atoms with Crippen molar-refractivity contribution in [3.8, 4) is 0 Å².